The maximum atomic E-state index is 12.9. The Hall–Kier alpha value is -2.36. The van der Waals surface area contributed by atoms with Crippen LogP contribution in [0.25, 0.3) is 0 Å². The third-order valence-electron chi connectivity index (χ3n) is 3.52. The minimum Gasteiger partial charge on any atom is -0.321 e. The lowest BCUT2D eigenvalue weighted by molar-refractivity contribution is 0.208. The minimum absolute atomic E-state index is 0.143. The summed E-state index contributed by atoms with van der Waals surface area (Å²) in [5.74, 6) is -0.280. The van der Waals surface area contributed by atoms with Crippen LogP contribution in [0.5, 0.6) is 0 Å². The molecule has 0 aromatic heterocycles. The van der Waals surface area contributed by atoms with Crippen molar-refractivity contribution in [2.75, 3.05) is 12.4 Å². The normalized spacial score (nSPS) is 11.8. The van der Waals surface area contributed by atoms with Crippen molar-refractivity contribution >= 4 is 11.7 Å². The Morgan fingerprint density at radius 1 is 1.19 bits per heavy atom. The van der Waals surface area contributed by atoms with E-state index in [0.717, 1.165) is 16.8 Å². The molecule has 0 saturated heterocycles. The summed E-state index contributed by atoms with van der Waals surface area (Å²) in [6, 6.07) is 13.5. The van der Waals surface area contributed by atoms with Crippen LogP contribution in [0.3, 0.4) is 0 Å². The smallest absolute Gasteiger partial charge is 0.321 e. The number of nitrogens with zero attached hydrogens (tertiary/aromatic N) is 1. The van der Waals surface area contributed by atoms with Gasteiger partial charge in [-0.25, -0.2) is 9.18 Å². The number of carbonyl (C=O) groups excluding carboxylic acids is 1. The van der Waals surface area contributed by atoms with Crippen molar-refractivity contribution in [3.63, 3.8) is 0 Å². The zero-order valence-electron chi connectivity index (χ0n) is 12.4. The van der Waals surface area contributed by atoms with E-state index in [9.17, 15) is 9.18 Å². The fraction of sp³-hybridized carbons (Fsp3) is 0.235. The first-order valence-electron chi connectivity index (χ1n) is 6.83. The van der Waals surface area contributed by atoms with Gasteiger partial charge in [0.15, 0.2) is 0 Å². The van der Waals surface area contributed by atoms with Crippen molar-refractivity contribution in [2.45, 2.75) is 19.9 Å². The monoisotopic (exact) mass is 286 g/mol. The van der Waals surface area contributed by atoms with Gasteiger partial charge in [0, 0.05) is 12.7 Å². The number of hydrogen-bond acceptors (Lipinski definition) is 1. The Bertz CT molecular complexity index is 625. The highest BCUT2D eigenvalue weighted by atomic mass is 19.1. The second kappa shape index (κ2) is 6.39. The number of urea groups is 1. The highest BCUT2D eigenvalue weighted by molar-refractivity contribution is 5.89. The Kier molecular flexibility index (Phi) is 4.58. The van der Waals surface area contributed by atoms with E-state index in [2.05, 4.69) is 5.32 Å². The van der Waals surface area contributed by atoms with E-state index in [1.54, 1.807) is 24.1 Å². The Morgan fingerprint density at radius 3 is 2.48 bits per heavy atom. The standard InChI is InChI=1S/C17H19FN2O/c1-12-5-4-6-16(11-12)19-17(21)20(3)13(2)14-7-9-15(18)10-8-14/h4-11,13H,1-3H3,(H,19,21). The molecule has 3 nitrogen and oxygen atoms in total. The molecule has 0 saturated carbocycles. The van der Waals surface area contributed by atoms with Gasteiger partial charge in [0.2, 0.25) is 0 Å². The van der Waals surface area contributed by atoms with Gasteiger partial charge in [-0.05, 0) is 49.2 Å². The maximum absolute atomic E-state index is 12.9. The maximum Gasteiger partial charge on any atom is 0.322 e. The number of aryl methyl sites for hydroxylation is 1. The summed E-state index contributed by atoms with van der Waals surface area (Å²) >= 11 is 0. The van der Waals surface area contributed by atoms with Crippen LogP contribution in [0.15, 0.2) is 48.5 Å². The number of anilines is 1. The summed E-state index contributed by atoms with van der Waals surface area (Å²) in [6.07, 6.45) is 0. The van der Waals surface area contributed by atoms with Crippen LogP contribution in [0.1, 0.15) is 24.1 Å². The van der Waals surface area contributed by atoms with E-state index in [4.69, 9.17) is 0 Å². The fourth-order valence-electron chi connectivity index (χ4n) is 2.08. The molecule has 0 heterocycles. The zero-order chi connectivity index (χ0) is 15.4. The summed E-state index contributed by atoms with van der Waals surface area (Å²) in [5, 5.41) is 2.86. The molecule has 2 aromatic rings. The predicted molar refractivity (Wildman–Crippen MR) is 82.8 cm³/mol. The van der Waals surface area contributed by atoms with Crippen molar-refractivity contribution in [1.82, 2.24) is 4.90 Å². The van der Waals surface area contributed by atoms with E-state index in [1.165, 1.54) is 12.1 Å². The zero-order valence-corrected chi connectivity index (χ0v) is 12.4. The average Bonchev–Trinajstić information content (AvgIpc) is 2.46. The van der Waals surface area contributed by atoms with Gasteiger partial charge < -0.3 is 10.2 Å². The van der Waals surface area contributed by atoms with Gasteiger partial charge in [-0.3, -0.25) is 0 Å². The van der Waals surface area contributed by atoms with Crippen molar-refractivity contribution in [2.24, 2.45) is 0 Å². The van der Waals surface area contributed by atoms with Crippen LogP contribution < -0.4 is 5.32 Å². The Morgan fingerprint density at radius 2 is 1.86 bits per heavy atom. The van der Waals surface area contributed by atoms with Gasteiger partial charge in [-0.1, -0.05) is 24.3 Å². The summed E-state index contributed by atoms with van der Waals surface area (Å²) < 4.78 is 12.9. The number of halogens is 1. The largest absolute Gasteiger partial charge is 0.322 e. The molecule has 2 amide bonds. The van der Waals surface area contributed by atoms with Gasteiger partial charge in [-0.15, -0.1) is 0 Å². The Labute approximate surface area is 124 Å². The second-order valence-electron chi connectivity index (χ2n) is 5.14. The molecule has 2 aromatic carbocycles. The molecule has 1 unspecified atom stereocenters. The van der Waals surface area contributed by atoms with E-state index in [0.29, 0.717) is 0 Å². The molecular formula is C17H19FN2O. The second-order valence-corrected chi connectivity index (χ2v) is 5.14. The molecule has 0 aliphatic heterocycles. The lowest BCUT2D eigenvalue weighted by Gasteiger charge is -2.25. The average molecular weight is 286 g/mol. The Balaban J connectivity index is 2.06. The van der Waals surface area contributed by atoms with Crippen molar-refractivity contribution < 1.29 is 9.18 Å². The highest BCUT2D eigenvalue weighted by Crippen LogP contribution is 2.20. The predicted octanol–water partition coefficient (Wildman–Crippen LogP) is 4.36. The first-order chi connectivity index (χ1) is 9.97. The summed E-state index contributed by atoms with van der Waals surface area (Å²) in [5.41, 5.74) is 2.73. The highest BCUT2D eigenvalue weighted by Gasteiger charge is 2.17. The summed E-state index contributed by atoms with van der Waals surface area (Å²) in [6.45, 7) is 3.88. The number of amides is 2. The number of benzene rings is 2. The number of carbonyl (C=O) groups is 1. The lowest BCUT2D eigenvalue weighted by atomic mass is 10.1. The van der Waals surface area contributed by atoms with E-state index in [1.807, 2.05) is 38.1 Å². The van der Waals surface area contributed by atoms with Crippen LogP contribution in [-0.4, -0.2) is 18.0 Å². The van der Waals surface area contributed by atoms with Gasteiger partial charge in [0.05, 0.1) is 6.04 Å². The molecule has 0 aliphatic rings. The van der Waals surface area contributed by atoms with Gasteiger partial charge >= 0.3 is 6.03 Å². The molecule has 0 radical (unpaired) electrons. The molecule has 0 aliphatic carbocycles. The van der Waals surface area contributed by atoms with Crippen LogP contribution in [0, 0.1) is 12.7 Å². The van der Waals surface area contributed by atoms with E-state index >= 15 is 0 Å². The van der Waals surface area contributed by atoms with Crippen LogP contribution in [0.2, 0.25) is 0 Å². The molecule has 21 heavy (non-hydrogen) atoms. The minimum atomic E-state index is -0.280. The van der Waals surface area contributed by atoms with Crippen LogP contribution in [-0.2, 0) is 0 Å². The van der Waals surface area contributed by atoms with Crippen molar-refractivity contribution in [3.05, 3.63) is 65.5 Å². The molecule has 0 spiro atoms. The molecule has 110 valence electrons. The molecule has 1 atom stereocenters. The van der Waals surface area contributed by atoms with E-state index in [-0.39, 0.29) is 17.9 Å². The van der Waals surface area contributed by atoms with Crippen LogP contribution in [0.4, 0.5) is 14.9 Å². The molecule has 2 rings (SSSR count). The number of nitrogens with one attached hydrogen (secondary N) is 1. The molecule has 0 fully saturated rings. The number of rotatable bonds is 3. The van der Waals surface area contributed by atoms with Crippen molar-refractivity contribution in [3.8, 4) is 0 Å². The lowest BCUT2D eigenvalue weighted by Crippen LogP contribution is -2.33. The third-order valence-corrected chi connectivity index (χ3v) is 3.52. The molecule has 1 N–H and O–H groups in total. The topological polar surface area (TPSA) is 32.3 Å². The van der Waals surface area contributed by atoms with Gasteiger partial charge in [0.1, 0.15) is 5.82 Å². The third kappa shape index (κ3) is 3.81. The van der Waals surface area contributed by atoms with Gasteiger partial charge in [0.25, 0.3) is 0 Å². The number of hydrogen-bond donors (Lipinski definition) is 1. The molecular weight excluding hydrogens is 267 g/mol. The fourth-order valence-corrected chi connectivity index (χ4v) is 2.08. The van der Waals surface area contributed by atoms with Crippen molar-refractivity contribution in [1.29, 1.82) is 0 Å². The summed E-state index contributed by atoms with van der Waals surface area (Å²) in [4.78, 5) is 13.8. The van der Waals surface area contributed by atoms with Gasteiger partial charge in [-0.2, -0.15) is 0 Å². The first-order valence-corrected chi connectivity index (χ1v) is 6.83. The van der Waals surface area contributed by atoms with Crippen LogP contribution >= 0.6 is 0 Å². The quantitative estimate of drug-likeness (QED) is 0.893. The SMILES string of the molecule is Cc1cccc(NC(=O)N(C)C(C)c2ccc(F)cc2)c1. The summed E-state index contributed by atoms with van der Waals surface area (Å²) in [7, 11) is 1.72. The first kappa shape index (κ1) is 15.0. The molecule has 0 bridgehead atoms. The van der Waals surface area contributed by atoms with E-state index < -0.39 is 0 Å². The molecule has 4 heteroatoms.